The number of hydrogen-bond acceptors (Lipinski definition) is 2. The molecule has 2 unspecified atom stereocenters. The van der Waals surface area contributed by atoms with Gasteiger partial charge in [-0.1, -0.05) is 6.92 Å². The summed E-state index contributed by atoms with van der Waals surface area (Å²) >= 11 is 0. The SMILES string of the molecule is CC1CCCN(C(CN)C(F)(F)F)C1. The fourth-order valence-electron chi connectivity index (χ4n) is 2.00. The number of hydrogen-bond donors (Lipinski definition) is 1. The van der Waals surface area contributed by atoms with Crippen LogP contribution in [0, 0.1) is 5.92 Å². The van der Waals surface area contributed by atoms with Crippen LogP contribution in [0.1, 0.15) is 19.8 Å². The van der Waals surface area contributed by atoms with Gasteiger partial charge in [-0.2, -0.15) is 13.2 Å². The van der Waals surface area contributed by atoms with Crippen molar-refractivity contribution in [3.05, 3.63) is 0 Å². The van der Waals surface area contributed by atoms with Crippen LogP contribution in [0.2, 0.25) is 0 Å². The van der Waals surface area contributed by atoms with E-state index < -0.39 is 12.2 Å². The third-order valence-electron chi connectivity index (χ3n) is 2.73. The van der Waals surface area contributed by atoms with E-state index in [1.54, 1.807) is 0 Å². The van der Waals surface area contributed by atoms with Crippen LogP contribution in [0.15, 0.2) is 0 Å². The second-order valence-electron chi connectivity index (χ2n) is 4.04. The zero-order valence-electron chi connectivity index (χ0n) is 8.35. The lowest BCUT2D eigenvalue weighted by molar-refractivity contribution is -0.184. The predicted molar refractivity (Wildman–Crippen MR) is 48.9 cm³/mol. The molecule has 0 aromatic carbocycles. The monoisotopic (exact) mass is 210 g/mol. The predicted octanol–water partition coefficient (Wildman–Crippen LogP) is 1.61. The van der Waals surface area contributed by atoms with Crippen molar-refractivity contribution >= 4 is 0 Å². The summed E-state index contributed by atoms with van der Waals surface area (Å²) in [5, 5.41) is 0. The fourth-order valence-corrected chi connectivity index (χ4v) is 2.00. The van der Waals surface area contributed by atoms with Crippen LogP contribution in [0.4, 0.5) is 13.2 Å². The van der Waals surface area contributed by atoms with E-state index in [9.17, 15) is 13.2 Å². The van der Waals surface area contributed by atoms with E-state index in [0.29, 0.717) is 19.0 Å². The Labute approximate surface area is 82.2 Å². The minimum Gasteiger partial charge on any atom is -0.329 e. The van der Waals surface area contributed by atoms with Crippen molar-refractivity contribution in [2.24, 2.45) is 11.7 Å². The van der Waals surface area contributed by atoms with Crippen molar-refractivity contribution in [2.45, 2.75) is 32.0 Å². The van der Waals surface area contributed by atoms with Gasteiger partial charge in [0, 0.05) is 13.1 Å². The first kappa shape index (κ1) is 11.8. The molecule has 1 heterocycles. The summed E-state index contributed by atoms with van der Waals surface area (Å²) in [6, 6.07) is -1.45. The van der Waals surface area contributed by atoms with Crippen molar-refractivity contribution in [2.75, 3.05) is 19.6 Å². The molecule has 1 aliphatic rings. The van der Waals surface area contributed by atoms with Crippen LogP contribution < -0.4 is 5.73 Å². The summed E-state index contributed by atoms with van der Waals surface area (Å²) in [6.07, 6.45) is -2.33. The minimum atomic E-state index is -4.19. The Bertz CT molecular complexity index is 181. The second kappa shape index (κ2) is 4.49. The standard InChI is InChI=1S/C9H17F3N2/c1-7-3-2-4-14(6-7)8(5-13)9(10,11)12/h7-8H,2-6,13H2,1H3. The average molecular weight is 210 g/mol. The lowest BCUT2D eigenvalue weighted by Gasteiger charge is -2.37. The highest BCUT2D eigenvalue weighted by atomic mass is 19.4. The molecule has 1 rings (SSSR count). The van der Waals surface area contributed by atoms with Gasteiger partial charge in [-0.15, -0.1) is 0 Å². The molecule has 1 saturated heterocycles. The van der Waals surface area contributed by atoms with Gasteiger partial charge in [0.2, 0.25) is 0 Å². The Hall–Kier alpha value is -0.290. The highest BCUT2D eigenvalue weighted by molar-refractivity contribution is 4.83. The first-order chi connectivity index (χ1) is 6.45. The van der Waals surface area contributed by atoms with Gasteiger partial charge in [0.1, 0.15) is 6.04 Å². The molecule has 2 nitrogen and oxygen atoms in total. The molecular formula is C9H17F3N2. The van der Waals surface area contributed by atoms with Gasteiger partial charge in [-0.25, -0.2) is 0 Å². The van der Waals surface area contributed by atoms with E-state index in [1.807, 2.05) is 6.92 Å². The van der Waals surface area contributed by atoms with E-state index >= 15 is 0 Å². The van der Waals surface area contributed by atoms with Gasteiger partial charge in [0.05, 0.1) is 0 Å². The molecule has 0 saturated carbocycles. The Morgan fingerprint density at radius 2 is 2.14 bits per heavy atom. The third kappa shape index (κ3) is 2.85. The molecule has 0 bridgehead atoms. The molecule has 0 radical (unpaired) electrons. The maximum atomic E-state index is 12.5. The summed E-state index contributed by atoms with van der Waals surface area (Å²) in [6.45, 7) is 2.68. The molecule has 5 heteroatoms. The number of nitrogens with two attached hydrogens (primary N) is 1. The smallest absolute Gasteiger partial charge is 0.329 e. The molecule has 0 aromatic heterocycles. The Balaban J connectivity index is 2.60. The number of piperidine rings is 1. The van der Waals surface area contributed by atoms with Gasteiger partial charge >= 0.3 is 6.18 Å². The lowest BCUT2D eigenvalue weighted by atomic mass is 9.98. The third-order valence-corrected chi connectivity index (χ3v) is 2.73. The zero-order chi connectivity index (χ0) is 10.8. The molecule has 1 aliphatic heterocycles. The normalized spacial score (nSPS) is 27.6. The van der Waals surface area contributed by atoms with Crippen LogP contribution in [0.25, 0.3) is 0 Å². The van der Waals surface area contributed by atoms with E-state index in [2.05, 4.69) is 0 Å². The summed E-state index contributed by atoms with van der Waals surface area (Å²) in [5.74, 6) is 0.347. The molecule has 2 atom stereocenters. The number of likely N-dealkylation sites (tertiary alicyclic amines) is 1. The van der Waals surface area contributed by atoms with Crippen molar-refractivity contribution < 1.29 is 13.2 Å². The topological polar surface area (TPSA) is 29.3 Å². The molecule has 0 aromatic rings. The van der Waals surface area contributed by atoms with E-state index in [4.69, 9.17) is 5.73 Å². The summed E-state index contributed by atoms with van der Waals surface area (Å²) in [7, 11) is 0. The first-order valence-electron chi connectivity index (χ1n) is 4.96. The average Bonchev–Trinajstić information content (AvgIpc) is 2.02. The van der Waals surface area contributed by atoms with Gasteiger partial charge in [0.25, 0.3) is 0 Å². The number of alkyl halides is 3. The van der Waals surface area contributed by atoms with Crippen molar-refractivity contribution in [3.8, 4) is 0 Å². The second-order valence-corrected chi connectivity index (χ2v) is 4.04. The van der Waals surface area contributed by atoms with Crippen molar-refractivity contribution in [3.63, 3.8) is 0 Å². The van der Waals surface area contributed by atoms with Crippen LogP contribution in [-0.2, 0) is 0 Å². The molecule has 0 aliphatic carbocycles. The number of halogens is 3. The number of nitrogens with zero attached hydrogens (tertiary/aromatic N) is 1. The van der Waals surface area contributed by atoms with Crippen LogP contribution in [0.3, 0.4) is 0 Å². The quantitative estimate of drug-likeness (QED) is 0.750. The Morgan fingerprint density at radius 1 is 1.50 bits per heavy atom. The molecular weight excluding hydrogens is 193 g/mol. The summed E-state index contributed by atoms with van der Waals surface area (Å²) < 4.78 is 37.5. The minimum absolute atomic E-state index is 0.337. The van der Waals surface area contributed by atoms with Crippen LogP contribution in [-0.4, -0.2) is 36.8 Å². The molecule has 0 amide bonds. The number of rotatable bonds is 2. The maximum Gasteiger partial charge on any atom is 0.405 e. The summed E-state index contributed by atoms with van der Waals surface area (Å²) in [4.78, 5) is 1.47. The summed E-state index contributed by atoms with van der Waals surface area (Å²) in [5.41, 5.74) is 5.17. The molecule has 0 spiro atoms. The van der Waals surface area contributed by atoms with Crippen LogP contribution >= 0.6 is 0 Å². The molecule has 14 heavy (non-hydrogen) atoms. The maximum absolute atomic E-state index is 12.5. The molecule has 2 N–H and O–H groups in total. The van der Waals surface area contributed by atoms with Gasteiger partial charge in [0.15, 0.2) is 0 Å². The van der Waals surface area contributed by atoms with Gasteiger partial charge in [-0.3, -0.25) is 4.90 Å². The first-order valence-corrected chi connectivity index (χ1v) is 4.96. The van der Waals surface area contributed by atoms with Crippen molar-refractivity contribution in [1.82, 2.24) is 4.90 Å². The van der Waals surface area contributed by atoms with Gasteiger partial charge in [-0.05, 0) is 25.3 Å². The zero-order valence-corrected chi connectivity index (χ0v) is 8.35. The Morgan fingerprint density at radius 3 is 2.57 bits per heavy atom. The Kier molecular flexibility index (Phi) is 3.78. The highest BCUT2D eigenvalue weighted by Gasteiger charge is 2.43. The van der Waals surface area contributed by atoms with E-state index in [-0.39, 0.29) is 6.54 Å². The van der Waals surface area contributed by atoms with Crippen molar-refractivity contribution in [1.29, 1.82) is 0 Å². The molecule has 1 fully saturated rings. The largest absolute Gasteiger partial charge is 0.405 e. The fraction of sp³-hybridized carbons (Fsp3) is 1.00. The highest BCUT2D eigenvalue weighted by Crippen LogP contribution is 2.27. The van der Waals surface area contributed by atoms with E-state index in [1.165, 1.54) is 4.90 Å². The molecule has 84 valence electrons. The van der Waals surface area contributed by atoms with Gasteiger partial charge < -0.3 is 5.73 Å². The van der Waals surface area contributed by atoms with E-state index in [0.717, 1.165) is 12.8 Å². The lowest BCUT2D eigenvalue weighted by Crippen LogP contribution is -2.53. The van der Waals surface area contributed by atoms with Crippen LogP contribution in [0.5, 0.6) is 0 Å².